The maximum Gasteiger partial charge on any atom is 0.275 e. The molecule has 2 aliphatic heterocycles. The van der Waals surface area contributed by atoms with Crippen LogP contribution in [0.15, 0.2) is 36.4 Å². The Bertz CT molecular complexity index is 1630. The number of nitro groups is 1. The van der Waals surface area contributed by atoms with Crippen LogP contribution in [0.4, 0.5) is 11.4 Å². The lowest BCUT2D eigenvalue weighted by molar-refractivity contribution is -0.385. The SMILES string of the molecule is CC(N1Cc2c(N)cccc2C1=O)C12CC3CC(CC(C3)C1)C2.CC(N1Cc2c(cccc2[N+](=O)[O-])C1=O)C12CC3CC(CC(C3)C1)C2. The van der Waals surface area contributed by atoms with Crippen LogP contribution in [0.5, 0.6) is 0 Å². The Morgan fingerprint density at radius 3 is 1.44 bits per heavy atom. The van der Waals surface area contributed by atoms with E-state index >= 15 is 0 Å². The largest absolute Gasteiger partial charge is 0.398 e. The molecule has 2 unspecified atom stereocenters. The topological polar surface area (TPSA) is 110 Å². The normalized spacial score (nSPS) is 37.7. The summed E-state index contributed by atoms with van der Waals surface area (Å²) in [5, 5.41) is 11.3. The Balaban J connectivity index is 0.000000131. The van der Waals surface area contributed by atoms with E-state index in [1.807, 2.05) is 23.1 Å². The predicted molar refractivity (Wildman–Crippen MR) is 184 cm³/mol. The summed E-state index contributed by atoms with van der Waals surface area (Å²) < 4.78 is 0. The van der Waals surface area contributed by atoms with Gasteiger partial charge in [0.1, 0.15) is 0 Å². The second-order valence-electron chi connectivity index (χ2n) is 17.7. The molecular formula is C40H50N4O4. The van der Waals surface area contributed by atoms with Crippen LogP contribution in [0.3, 0.4) is 0 Å². The average Bonchev–Trinajstić information content (AvgIpc) is 3.56. The van der Waals surface area contributed by atoms with Crippen LogP contribution in [0.2, 0.25) is 0 Å². The van der Waals surface area contributed by atoms with Crippen LogP contribution in [0.25, 0.3) is 0 Å². The molecule has 2 heterocycles. The van der Waals surface area contributed by atoms with Gasteiger partial charge in [0.25, 0.3) is 17.5 Å². The van der Waals surface area contributed by atoms with Gasteiger partial charge in [-0.15, -0.1) is 0 Å². The van der Waals surface area contributed by atoms with Gasteiger partial charge in [0.05, 0.1) is 22.6 Å². The van der Waals surface area contributed by atoms with Crippen molar-refractivity contribution in [2.75, 3.05) is 5.73 Å². The van der Waals surface area contributed by atoms with Gasteiger partial charge in [-0.05, 0) is 155 Å². The lowest BCUT2D eigenvalue weighted by atomic mass is 9.47. The zero-order valence-electron chi connectivity index (χ0n) is 28.5. The minimum Gasteiger partial charge on any atom is -0.398 e. The van der Waals surface area contributed by atoms with Gasteiger partial charge < -0.3 is 15.5 Å². The quantitative estimate of drug-likeness (QED) is 0.200. The van der Waals surface area contributed by atoms with Crippen molar-refractivity contribution >= 4 is 23.2 Å². The number of amides is 2. The summed E-state index contributed by atoms with van der Waals surface area (Å²) in [5.74, 6) is 5.48. The number of nitrogens with zero attached hydrogens (tertiary/aromatic N) is 3. The minimum absolute atomic E-state index is 0.0121. The van der Waals surface area contributed by atoms with E-state index in [2.05, 4.69) is 18.7 Å². The number of carbonyl (C=O) groups is 2. The zero-order chi connectivity index (χ0) is 33.1. The Hall–Kier alpha value is -3.42. The molecule has 0 saturated heterocycles. The van der Waals surface area contributed by atoms with Crippen LogP contribution in [0, 0.1) is 56.5 Å². The first-order valence-electron chi connectivity index (χ1n) is 18.8. The molecule has 254 valence electrons. The summed E-state index contributed by atoms with van der Waals surface area (Å²) in [6, 6.07) is 11.2. The number of nitrogen functional groups attached to an aromatic ring is 1. The molecule has 8 nitrogen and oxygen atoms in total. The number of anilines is 1. The van der Waals surface area contributed by atoms with Crippen molar-refractivity contribution in [1.82, 2.24) is 9.80 Å². The molecule has 48 heavy (non-hydrogen) atoms. The fourth-order valence-electron chi connectivity index (χ4n) is 13.6. The monoisotopic (exact) mass is 650 g/mol. The molecule has 0 spiro atoms. The molecule has 8 bridgehead atoms. The van der Waals surface area contributed by atoms with E-state index < -0.39 is 0 Å². The fraction of sp³-hybridized carbons (Fsp3) is 0.650. The molecule has 12 rings (SSSR count). The molecule has 2 amide bonds. The first-order chi connectivity index (χ1) is 23.0. The first kappa shape index (κ1) is 30.6. The minimum atomic E-state index is -0.356. The molecule has 8 heteroatoms. The molecule has 2 aromatic rings. The molecule has 0 aromatic heterocycles. The third-order valence-corrected chi connectivity index (χ3v) is 15.1. The molecule has 0 radical (unpaired) electrons. The number of hydrogen-bond donors (Lipinski definition) is 1. The van der Waals surface area contributed by atoms with Gasteiger partial charge in [0.2, 0.25) is 0 Å². The van der Waals surface area contributed by atoms with Gasteiger partial charge in [0, 0.05) is 41.5 Å². The zero-order valence-corrected chi connectivity index (χ0v) is 28.5. The van der Waals surface area contributed by atoms with Crippen molar-refractivity contribution in [3.63, 3.8) is 0 Å². The van der Waals surface area contributed by atoms with Gasteiger partial charge in [-0.2, -0.15) is 0 Å². The standard InChI is InChI=1S/C20H24N2O3.C20H26N2O/c1-12(20-8-13-5-14(9-20)7-15(6-13)10-20)21-11-17-16(19(21)23)3-2-4-18(17)22(24)25;1-12(20-8-13-5-14(9-20)7-15(6-13)10-20)22-11-17-16(19(22)23)3-2-4-18(17)21/h2-4,12-15H,5-11H2,1H3;2-4,12-15H,5-11,21H2,1H3. The lowest BCUT2D eigenvalue weighted by Gasteiger charge is -2.60. The third-order valence-electron chi connectivity index (χ3n) is 15.1. The summed E-state index contributed by atoms with van der Waals surface area (Å²) >= 11 is 0. The summed E-state index contributed by atoms with van der Waals surface area (Å²) in [6.07, 6.45) is 16.2. The lowest BCUT2D eigenvalue weighted by Crippen LogP contribution is -2.55. The molecule has 2 N–H and O–H groups in total. The van der Waals surface area contributed by atoms with E-state index in [9.17, 15) is 19.7 Å². The Morgan fingerprint density at radius 2 is 1.04 bits per heavy atom. The number of benzene rings is 2. The van der Waals surface area contributed by atoms with E-state index in [1.54, 1.807) is 12.1 Å². The summed E-state index contributed by atoms with van der Waals surface area (Å²) in [7, 11) is 0. The number of hydrogen-bond acceptors (Lipinski definition) is 5. The molecule has 8 fully saturated rings. The van der Waals surface area contributed by atoms with Crippen molar-refractivity contribution < 1.29 is 14.5 Å². The number of carbonyl (C=O) groups excluding carboxylic acids is 2. The van der Waals surface area contributed by atoms with Crippen LogP contribution < -0.4 is 5.73 Å². The van der Waals surface area contributed by atoms with Crippen molar-refractivity contribution in [2.24, 2.45) is 46.3 Å². The first-order valence-corrected chi connectivity index (χ1v) is 18.8. The molecule has 2 aromatic carbocycles. The highest BCUT2D eigenvalue weighted by Gasteiger charge is 2.57. The van der Waals surface area contributed by atoms with Crippen LogP contribution in [0.1, 0.15) is 123 Å². The van der Waals surface area contributed by atoms with Crippen molar-refractivity contribution in [3.8, 4) is 0 Å². The number of nitrogens with two attached hydrogens (primary N) is 1. The summed E-state index contributed by atoms with van der Waals surface area (Å²) in [5.41, 5.74) is 10.6. The van der Waals surface area contributed by atoms with Crippen molar-refractivity contribution in [3.05, 3.63) is 68.8 Å². The Kier molecular flexibility index (Phi) is 6.88. The highest BCUT2D eigenvalue weighted by molar-refractivity contribution is 6.00. The second-order valence-corrected chi connectivity index (χ2v) is 17.7. The molecule has 2 atom stereocenters. The van der Waals surface area contributed by atoms with E-state index in [1.165, 1.54) is 83.1 Å². The predicted octanol–water partition coefficient (Wildman–Crippen LogP) is 7.99. The van der Waals surface area contributed by atoms with E-state index in [0.717, 1.165) is 52.3 Å². The average molecular weight is 651 g/mol. The van der Waals surface area contributed by atoms with Gasteiger partial charge in [0.15, 0.2) is 0 Å². The highest BCUT2D eigenvalue weighted by Crippen LogP contribution is 2.63. The van der Waals surface area contributed by atoms with Gasteiger partial charge in [-0.1, -0.05) is 12.1 Å². The van der Waals surface area contributed by atoms with E-state index in [-0.39, 0.29) is 33.9 Å². The summed E-state index contributed by atoms with van der Waals surface area (Å²) in [4.78, 5) is 41.0. The van der Waals surface area contributed by atoms with Gasteiger partial charge >= 0.3 is 0 Å². The number of nitro benzene ring substituents is 1. The second kappa shape index (κ2) is 10.8. The van der Waals surface area contributed by atoms with Crippen molar-refractivity contribution in [2.45, 2.75) is 116 Å². The highest BCUT2D eigenvalue weighted by atomic mass is 16.6. The molecule has 8 aliphatic carbocycles. The molecule has 8 saturated carbocycles. The number of fused-ring (bicyclic) bond motifs is 2. The van der Waals surface area contributed by atoms with Crippen LogP contribution in [-0.4, -0.2) is 38.6 Å². The van der Waals surface area contributed by atoms with Crippen LogP contribution in [-0.2, 0) is 13.1 Å². The Morgan fingerprint density at radius 1 is 0.667 bits per heavy atom. The van der Waals surface area contributed by atoms with Gasteiger partial charge in [-0.3, -0.25) is 19.7 Å². The molecule has 10 aliphatic rings. The van der Waals surface area contributed by atoms with Crippen molar-refractivity contribution in [1.29, 1.82) is 0 Å². The molecular weight excluding hydrogens is 600 g/mol. The maximum absolute atomic E-state index is 13.0. The van der Waals surface area contributed by atoms with E-state index in [0.29, 0.717) is 35.7 Å². The van der Waals surface area contributed by atoms with Gasteiger partial charge in [-0.25, -0.2) is 0 Å². The number of rotatable bonds is 5. The van der Waals surface area contributed by atoms with Crippen LogP contribution >= 0.6 is 0 Å². The summed E-state index contributed by atoms with van der Waals surface area (Å²) in [6.45, 7) is 5.62. The maximum atomic E-state index is 13.0. The van der Waals surface area contributed by atoms with E-state index in [4.69, 9.17) is 5.73 Å². The smallest absolute Gasteiger partial charge is 0.275 e. The Labute approximate surface area is 284 Å². The fourth-order valence-corrected chi connectivity index (χ4v) is 13.6. The third kappa shape index (κ3) is 4.59.